The van der Waals surface area contributed by atoms with E-state index in [-0.39, 0.29) is 11.9 Å². The van der Waals surface area contributed by atoms with Crippen LogP contribution in [0.15, 0.2) is 36.4 Å². The molecule has 0 saturated heterocycles. The van der Waals surface area contributed by atoms with E-state index in [1.165, 1.54) is 21.3 Å². The highest BCUT2D eigenvalue weighted by molar-refractivity contribution is 5.96. The molecular formula is C22H29NO5. The highest BCUT2D eigenvalue weighted by Gasteiger charge is 2.21. The number of hydrogen-bond acceptors (Lipinski definition) is 5. The van der Waals surface area contributed by atoms with E-state index in [1.54, 1.807) is 19.2 Å². The second kappa shape index (κ2) is 9.88. The molecular weight excluding hydrogens is 358 g/mol. The van der Waals surface area contributed by atoms with Crippen LogP contribution in [0.4, 0.5) is 0 Å². The molecule has 0 aromatic heterocycles. The zero-order valence-electron chi connectivity index (χ0n) is 17.4. The van der Waals surface area contributed by atoms with Crippen LogP contribution in [0, 0.1) is 5.92 Å². The van der Waals surface area contributed by atoms with Crippen molar-refractivity contribution in [2.75, 3.05) is 28.4 Å². The Hall–Kier alpha value is -2.89. The second-order valence-electron chi connectivity index (χ2n) is 6.84. The zero-order chi connectivity index (χ0) is 20.7. The molecule has 2 aromatic rings. The highest BCUT2D eigenvalue weighted by Crippen LogP contribution is 2.38. The summed E-state index contributed by atoms with van der Waals surface area (Å²) in [5.41, 5.74) is 1.46. The van der Waals surface area contributed by atoms with Gasteiger partial charge in [-0.3, -0.25) is 4.79 Å². The van der Waals surface area contributed by atoms with E-state index in [9.17, 15) is 4.79 Å². The Morgan fingerprint density at radius 1 is 0.893 bits per heavy atom. The maximum Gasteiger partial charge on any atom is 0.252 e. The predicted octanol–water partition coefficient (Wildman–Crippen LogP) is 4.24. The molecule has 0 unspecified atom stereocenters. The minimum absolute atomic E-state index is 0.127. The van der Waals surface area contributed by atoms with Gasteiger partial charge in [0.25, 0.3) is 5.91 Å². The van der Waals surface area contributed by atoms with Crippen LogP contribution in [0.2, 0.25) is 0 Å². The van der Waals surface area contributed by atoms with Gasteiger partial charge in [-0.15, -0.1) is 0 Å². The highest BCUT2D eigenvalue weighted by atomic mass is 16.5. The van der Waals surface area contributed by atoms with Crippen LogP contribution in [0.1, 0.15) is 42.2 Å². The van der Waals surface area contributed by atoms with Crippen LogP contribution < -0.4 is 24.3 Å². The summed E-state index contributed by atoms with van der Waals surface area (Å²) >= 11 is 0. The molecule has 1 amide bonds. The standard InChI is InChI=1S/C22H29NO5/c1-14(2)11-18(15-7-9-17(25-3)10-8-15)23-22(24)16-12-19(26-4)21(28-6)20(13-16)27-5/h7-10,12-14,18H,11H2,1-6H3,(H,23,24)/t18-/m0/s1. The number of carbonyl (C=O) groups excluding carboxylic acids is 1. The van der Waals surface area contributed by atoms with E-state index in [4.69, 9.17) is 18.9 Å². The maximum absolute atomic E-state index is 13.0. The third kappa shape index (κ3) is 5.09. The average Bonchev–Trinajstić information content (AvgIpc) is 2.71. The smallest absolute Gasteiger partial charge is 0.252 e. The number of ether oxygens (including phenoxy) is 4. The number of benzene rings is 2. The lowest BCUT2D eigenvalue weighted by molar-refractivity contribution is 0.0931. The molecule has 0 saturated carbocycles. The van der Waals surface area contributed by atoms with E-state index in [1.807, 2.05) is 24.3 Å². The van der Waals surface area contributed by atoms with Crippen molar-refractivity contribution in [1.29, 1.82) is 0 Å². The van der Waals surface area contributed by atoms with Crippen LogP contribution in [0.25, 0.3) is 0 Å². The van der Waals surface area contributed by atoms with Gasteiger partial charge in [0.15, 0.2) is 11.5 Å². The molecule has 0 aliphatic heterocycles. The SMILES string of the molecule is COc1ccc([C@H](CC(C)C)NC(=O)c2cc(OC)c(OC)c(OC)c2)cc1. The largest absolute Gasteiger partial charge is 0.497 e. The van der Waals surface area contributed by atoms with Crippen molar-refractivity contribution in [2.45, 2.75) is 26.3 Å². The Morgan fingerprint density at radius 2 is 1.46 bits per heavy atom. The van der Waals surface area contributed by atoms with Crippen molar-refractivity contribution in [3.05, 3.63) is 47.5 Å². The van der Waals surface area contributed by atoms with Crippen molar-refractivity contribution in [1.82, 2.24) is 5.32 Å². The van der Waals surface area contributed by atoms with Gasteiger partial charge in [-0.1, -0.05) is 26.0 Å². The zero-order valence-corrected chi connectivity index (χ0v) is 17.4. The first kappa shape index (κ1) is 21.4. The molecule has 0 heterocycles. The molecule has 28 heavy (non-hydrogen) atoms. The predicted molar refractivity (Wildman–Crippen MR) is 109 cm³/mol. The van der Waals surface area contributed by atoms with Gasteiger partial charge in [0, 0.05) is 5.56 Å². The maximum atomic E-state index is 13.0. The van der Waals surface area contributed by atoms with Gasteiger partial charge in [0.1, 0.15) is 5.75 Å². The van der Waals surface area contributed by atoms with Gasteiger partial charge in [-0.25, -0.2) is 0 Å². The van der Waals surface area contributed by atoms with Gasteiger partial charge in [0.05, 0.1) is 34.5 Å². The summed E-state index contributed by atoms with van der Waals surface area (Å²) in [7, 11) is 6.21. The first-order chi connectivity index (χ1) is 13.4. The number of carbonyl (C=O) groups is 1. The van der Waals surface area contributed by atoms with Crippen LogP contribution in [0.3, 0.4) is 0 Å². The van der Waals surface area contributed by atoms with Gasteiger partial charge in [-0.05, 0) is 42.2 Å². The summed E-state index contributed by atoms with van der Waals surface area (Å²) in [5.74, 6) is 2.32. The third-order valence-corrected chi connectivity index (χ3v) is 4.46. The monoisotopic (exact) mass is 387 g/mol. The first-order valence-electron chi connectivity index (χ1n) is 9.18. The summed E-state index contributed by atoms with van der Waals surface area (Å²) in [5, 5.41) is 3.13. The van der Waals surface area contributed by atoms with Crippen LogP contribution in [0.5, 0.6) is 23.0 Å². The van der Waals surface area contributed by atoms with E-state index in [2.05, 4.69) is 19.2 Å². The number of methoxy groups -OCH3 is 4. The van der Waals surface area contributed by atoms with Gasteiger partial charge in [0.2, 0.25) is 5.75 Å². The molecule has 0 bridgehead atoms. The Morgan fingerprint density at radius 3 is 1.89 bits per heavy atom. The van der Waals surface area contributed by atoms with Crippen molar-refractivity contribution in [2.24, 2.45) is 5.92 Å². The molecule has 6 heteroatoms. The van der Waals surface area contributed by atoms with E-state index < -0.39 is 0 Å². The topological polar surface area (TPSA) is 66.0 Å². The molecule has 1 N–H and O–H groups in total. The molecule has 6 nitrogen and oxygen atoms in total. The number of hydrogen-bond donors (Lipinski definition) is 1. The molecule has 2 aromatic carbocycles. The summed E-state index contributed by atoms with van der Waals surface area (Å²) < 4.78 is 21.3. The summed E-state index contributed by atoms with van der Waals surface area (Å²) in [6, 6.07) is 10.9. The average molecular weight is 387 g/mol. The van der Waals surface area contributed by atoms with Crippen LogP contribution >= 0.6 is 0 Å². The number of amides is 1. The molecule has 152 valence electrons. The lowest BCUT2D eigenvalue weighted by atomic mass is 9.96. The van der Waals surface area contributed by atoms with Crippen LogP contribution in [-0.2, 0) is 0 Å². The fourth-order valence-corrected chi connectivity index (χ4v) is 3.04. The molecule has 1 atom stereocenters. The lowest BCUT2D eigenvalue weighted by Gasteiger charge is -2.22. The van der Waals surface area contributed by atoms with Crippen LogP contribution in [-0.4, -0.2) is 34.3 Å². The number of rotatable bonds is 9. The minimum atomic E-state index is -0.208. The molecule has 0 aliphatic rings. The van der Waals surface area contributed by atoms with Crippen molar-refractivity contribution < 1.29 is 23.7 Å². The molecule has 2 rings (SSSR count). The fraction of sp³-hybridized carbons (Fsp3) is 0.409. The molecule has 0 aliphatic carbocycles. The quantitative estimate of drug-likeness (QED) is 0.697. The second-order valence-corrected chi connectivity index (χ2v) is 6.84. The molecule has 0 fully saturated rings. The summed E-state index contributed by atoms with van der Waals surface area (Å²) in [4.78, 5) is 13.0. The fourth-order valence-electron chi connectivity index (χ4n) is 3.04. The Labute approximate surface area is 166 Å². The first-order valence-corrected chi connectivity index (χ1v) is 9.18. The summed E-state index contributed by atoms with van der Waals surface area (Å²) in [6.07, 6.45) is 0.808. The normalized spacial score (nSPS) is 11.7. The Balaban J connectivity index is 2.32. The number of nitrogens with one attached hydrogen (secondary N) is 1. The van der Waals surface area contributed by atoms with Crippen molar-refractivity contribution in [3.8, 4) is 23.0 Å². The molecule has 0 spiro atoms. The van der Waals surface area contributed by atoms with E-state index in [0.717, 1.165) is 17.7 Å². The van der Waals surface area contributed by atoms with Gasteiger partial charge < -0.3 is 24.3 Å². The van der Waals surface area contributed by atoms with E-state index >= 15 is 0 Å². The summed E-state index contributed by atoms with van der Waals surface area (Å²) in [6.45, 7) is 4.25. The van der Waals surface area contributed by atoms with Gasteiger partial charge in [-0.2, -0.15) is 0 Å². The van der Waals surface area contributed by atoms with Crippen molar-refractivity contribution >= 4 is 5.91 Å². The van der Waals surface area contributed by atoms with E-state index in [0.29, 0.717) is 28.7 Å². The Bertz CT molecular complexity index is 761. The molecule has 0 radical (unpaired) electrons. The lowest BCUT2D eigenvalue weighted by Crippen LogP contribution is -2.29. The van der Waals surface area contributed by atoms with Gasteiger partial charge >= 0.3 is 0 Å². The van der Waals surface area contributed by atoms with Crippen molar-refractivity contribution in [3.63, 3.8) is 0 Å². The minimum Gasteiger partial charge on any atom is -0.497 e. The Kier molecular flexibility index (Phi) is 7.55. The third-order valence-electron chi connectivity index (χ3n) is 4.46.